The molecule has 0 saturated heterocycles. The first-order valence-electron chi connectivity index (χ1n) is 16.0. The highest BCUT2D eigenvalue weighted by molar-refractivity contribution is 7.26. The van der Waals surface area contributed by atoms with E-state index in [1.54, 1.807) is 0 Å². The number of hydrogen-bond acceptors (Lipinski definition) is 1. The molecule has 10 rings (SSSR count). The second-order valence-electron chi connectivity index (χ2n) is 12.3. The highest BCUT2D eigenvalue weighted by Crippen LogP contribution is 2.53. The molecule has 9 aromatic rings. The number of fused-ring (bicyclic) bond motifs is 10. The molecule has 0 radical (unpaired) electrons. The molecule has 0 saturated carbocycles. The summed E-state index contributed by atoms with van der Waals surface area (Å²) in [6.07, 6.45) is 0. The van der Waals surface area contributed by atoms with Gasteiger partial charge in [0.1, 0.15) is 5.41 Å². The zero-order valence-corrected chi connectivity index (χ0v) is 26.3. The lowest BCUT2D eigenvalue weighted by molar-refractivity contribution is 0.835. The number of hydrogen-bond donors (Lipinski definition) is 0. The molecule has 47 heavy (non-hydrogen) atoms. The number of para-hydroxylation sites is 1. The van der Waals surface area contributed by atoms with E-state index in [0.717, 1.165) is 11.3 Å². The highest BCUT2D eigenvalue weighted by atomic mass is 32.1. The predicted molar refractivity (Wildman–Crippen MR) is 199 cm³/mol. The minimum atomic E-state index is -0.628. The number of thiophene rings is 1. The summed E-state index contributed by atoms with van der Waals surface area (Å²) >= 11 is 1.90. The third kappa shape index (κ3) is 3.72. The molecule has 2 aromatic heterocycles. The standard InChI is InChI=1S/C45H27NS/c1-3-13-30(14-4-1)27-28-45(31-15-5-2-6-16-31)38-20-10-7-17-33(38)34-24-23-32(29-39(34)45)46-40-21-11-8-19-37(40)43-41(46)26-25-36-35-18-9-12-22-42(35)47-44(36)43/h1-26,29H. The van der Waals surface area contributed by atoms with Crippen LogP contribution < -0.4 is 0 Å². The van der Waals surface area contributed by atoms with Crippen LogP contribution in [0.1, 0.15) is 22.3 Å². The van der Waals surface area contributed by atoms with Crippen LogP contribution >= 0.6 is 11.3 Å². The van der Waals surface area contributed by atoms with Gasteiger partial charge in [0.25, 0.3) is 0 Å². The van der Waals surface area contributed by atoms with E-state index in [1.807, 2.05) is 17.4 Å². The Bertz CT molecular complexity index is 2740. The van der Waals surface area contributed by atoms with Crippen molar-refractivity contribution in [2.45, 2.75) is 5.41 Å². The fourth-order valence-electron chi connectivity index (χ4n) is 7.81. The minimum Gasteiger partial charge on any atom is -0.309 e. The van der Waals surface area contributed by atoms with E-state index in [9.17, 15) is 0 Å². The van der Waals surface area contributed by atoms with Crippen molar-refractivity contribution in [1.82, 2.24) is 4.57 Å². The quantitative estimate of drug-likeness (QED) is 0.171. The summed E-state index contributed by atoms with van der Waals surface area (Å²) in [4.78, 5) is 0. The van der Waals surface area contributed by atoms with E-state index >= 15 is 0 Å². The van der Waals surface area contributed by atoms with Gasteiger partial charge in [0, 0.05) is 42.2 Å². The number of rotatable bonds is 2. The molecule has 0 fully saturated rings. The van der Waals surface area contributed by atoms with Crippen LogP contribution in [0.15, 0.2) is 164 Å². The third-order valence-electron chi connectivity index (χ3n) is 9.84. The fraction of sp³-hybridized carbons (Fsp3) is 0.0222. The van der Waals surface area contributed by atoms with E-state index in [0.29, 0.717) is 0 Å². The number of nitrogens with zero attached hydrogens (tertiary/aromatic N) is 1. The molecule has 7 aromatic carbocycles. The summed E-state index contributed by atoms with van der Waals surface area (Å²) in [6.45, 7) is 0. The van der Waals surface area contributed by atoms with Crippen LogP contribution in [0, 0.1) is 11.8 Å². The van der Waals surface area contributed by atoms with E-state index in [2.05, 4.69) is 174 Å². The largest absolute Gasteiger partial charge is 0.309 e. The maximum Gasteiger partial charge on any atom is 0.108 e. The van der Waals surface area contributed by atoms with Gasteiger partial charge in [-0.05, 0) is 70.3 Å². The van der Waals surface area contributed by atoms with Crippen molar-refractivity contribution in [3.05, 3.63) is 186 Å². The normalized spacial score (nSPS) is 15.1. The topological polar surface area (TPSA) is 4.93 Å². The van der Waals surface area contributed by atoms with Gasteiger partial charge >= 0.3 is 0 Å². The summed E-state index contributed by atoms with van der Waals surface area (Å²) in [5.74, 6) is 7.47. The van der Waals surface area contributed by atoms with Gasteiger partial charge in [0.2, 0.25) is 0 Å². The Labute approximate surface area is 277 Å². The Balaban J connectivity index is 1.29. The summed E-state index contributed by atoms with van der Waals surface area (Å²) < 4.78 is 5.13. The lowest BCUT2D eigenvalue weighted by atomic mass is 9.73. The molecule has 0 N–H and O–H groups in total. The summed E-state index contributed by atoms with van der Waals surface area (Å²) in [6, 6.07) is 59.3. The van der Waals surface area contributed by atoms with Gasteiger partial charge in [0.05, 0.1) is 11.0 Å². The number of aromatic nitrogens is 1. The first-order valence-corrected chi connectivity index (χ1v) is 16.8. The Hall–Kier alpha value is -5.88. The lowest BCUT2D eigenvalue weighted by Gasteiger charge is -2.28. The SMILES string of the molecule is C(#CC1(c2ccccc2)c2ccccc2-c2ccc(-n3c4ccccc4c4c5sc6ccccc6c5ccc43)cc21)c1ccccc1. The average Bonchev–Trinajstić information content (AvgIpc) is 3.78. The van der Waals surface area contributed by atoms with Crippen molar-refractivity contribution in [1.29, 1.82) is 0 Å². The molecule has 2 heterocycles. The number of benzene rings is 7. The van der Waals surface area contributed by atoms with Crippen molar-refractivity contribution >= 4 is 53.3 Å². The highest BCUT2D eigenvalue weighted by Gasteiger charge is 2.44. The van der Waals surface area contributed by atoms with E-state index in [4.69, 9.17) is 0 Å². The fourth-order valence-corrected chi connectivity index (χ4v) is 9.07. The Kier molecular flexibility index (Phi) is 5.64. The predicted octanol–water partition coefficient (Wildman–Crippen LogP) is 11.5. The molecule has 1 aliphatic carbocycles. The molecule has 0 bridgehead atoms. The van der Waals surface area contributed by atoms with Crippen LogP contribution in [0.5, 0.6) is 0 Å². The molecular formula is C45H27NS. The maximum absolute atomic E-state index is 3.87. The molecule has 2 heteroatoms. The van der Waals surface area contributed by atoms with Crippen molar-refractivity contribution in [2.75, 3.05) is 0 Å². The second kappa shape index (κ2) is 10.1. The van der Waals surface area contributed by atoms with Gasteiger partial charge in [-0.15, -0.1) is 11.3 Å². The van der Waals surface area contributed by atoms with E-state index < -0.39 is 5.41 Å². The Morgan fingerprint density at radius 2 is 1.21 bits per heavy atom. The lowest BCUT2D eigenvalue weighted by Crippen LogP contribution is -2.25. The smallest absolute Gasteiger partial charge is 0.108 e. The summed E-state index contributed by atoms with van der Waals surface area (Å²) in [7, 11) is 0. The molecule has 0 amide bonds. The molecule has 0 aliphatic heterocycles. The van der Waals surface area contributed by atoms with Gasteiger partial charge in [-0.25, -0.2) is 0 Å². The monoisotopic (exact) mass is 613 g/mol. The maximum atomic E-state index is 3.87. The van der Waals surface area contributed by atoms with Crippen molar-refractivity contribution < 1.29 is 0 Å². The first-order chi connectivity index (χ1) is 23.3. The molecule has 1 unspecified atom stereocenters. The van der Waals surface area contributed by atoms with Crippen LogP contribution in [0.25, 0.3) is 58.8 Å². The van der Waals surface area contributed by atoms with Gasteiger partial charge in [-0.2, -0.15) is 0 Å². The zero-order chi connectivity index (χ0) is 31.0. The average molecular weight is 614 g/mol. The van der Waals surface area contributed by atoms with Crippen LogP contribution in [-0.4, -0.2) is 4.57 Å². The van der Waals surface area contributed by atoms with Gasteiger partial charge in [0.15, 0.2) is 0 Å². The van der Waals surface area contributed by atoms with Gasteiger partial charge < -0.3 is 4.57 Å². The molecule has 1 aliphatic rings. The van der Waals surface area contributed by atoms with Crippen LogP contribution in [0.2, 0.25) is 0 Å². The Morgan fingerprint density at radius 3 is 2.09 bits per heavy atom. The van der Waals surface area contributed by atoms with Crippen LogP contribution in [0.3, 0.4) is 0 Å². The molecule has 1 nitrogen and oxygen atoms in total. The minimum absolute atomic E-state index is 0.628. The first kappa shape index (κ1) is 26.3. The van der Waals surface area contributed by atoms with Crippen molar-refractivity contribution in [3.63, 3.8) is 0 Å². The van der Waals surface area contributed by atoms with Crippen molar-refractivity contribution in [3.8, 4) is 28.7 Å². The second-order valence-corrected chi connectivity index (χ2v) is 13.3. The Morgan fingerprint density at radius 1 is 0.511 bits per heavy atom. The molecule has 0 spiro atoms. The summed E-state index contributed by atoms with van der Waals surface area (Å²) in [5, 5.41) is 5.25. The van der Waals surface area contributed by atoms with E-state index in [-0.39, 0.29) is 0 Å². The van der Waals surface area contributed by atoms with Gasteiger partial charge in [-0.1, -0.05) is 133 Å². The van der Waals surface area contributed by atoms with Crippen LogP contribution in [-0.2, 0) is 5.41 Å². The van der Waals surface area contributed by atoms with Gasteiger partial charge in [-0.3, -0.25) is 0 Å². The molecule has 1 atom stereocenters. The zero-order valence-electron chi connectivity index (χ0n) is 25.4. The molecule has 218 valence electrons. The third-order valence-corrected chi connectivity index (χ3v) is 11.0. The molecular weight excluding hydrogens is 587 g/mol. The van der Waals surface area contributed by atoms with Crippen LogP contribution in [0.4, 0.5) is 0 Å². The summed E-state index contributed by atoms with van der Waals surface area (Å²) in [5.41, 5.74) is 10.1. The van der Waals surface area contributed by atoms with Crippen molar-refractivity contribution in [2.24, 2.45) is 0 Å². The van der Waals surface area contributed by atoms with E-state index in [1.165, 1.54) is 69.8 Å².